The number of likely N-dealkylation sites (tertiary alicyclic amines) is 1. The van der Waals surface area contributed by atoms with Gasteiger partial charge in [-0.25, -0.2) is 0 Å². The van der Waals surface area contributed by atoms with Gasteiger partial charge in [0.05, 0.1) is 11.7 Å². The first-order valence-electron chi connectivity index (χ1n) is 6.87. The van der Waals surface area contributed by atoms with Crippen LogP contribution in [0.25, 0.3) is 0 Å². The summed E-state index contributed by atoms with van der Waals surface area (Å²) >= 11 is 0. The van der Waals surface area contributed by atoms with Gasteiger partial charge in [-0.3, -0.25) is 4.79 Å². The normalized spacial score (nSPS) is 18.5. The number of hydrogen-bond donors (Lipinski definition) is 0. The van der Waals surface area contributed by atoms with Gasteiger partial charge < -0.3 is 9.42 Å². The molecule has 1 fully saturated rings. The first-order valence-corrected chi connectivity index (χ1v) is 6.87. The molecule has 0 saturated carbocycles. The van der Waals surface area contributed by atoms with Crippen molar-refractivity contribution in [3.05, 3.63) is 17.0 Å². The summed E-state index contributed by atoms with van der Waals surface area (Å²) in [4.78, 5) is 13.5. The molecule has 1 aliphatic heterocycles. The van der Waals surface area contributed by atoms with E-state index >= 15 is 0 Å². The number of amides is 1. The summed E-state index contributed by atoms with van der Waals surface area (Å²) in [5.41, 5.74) is 2.06. The number of aromatic nitrogens is 1. The molecule has 0 aliphatic carbocycles. The highest BCUT2D eigenvalue weighted by Gasteiger charge is 2.32. The van der Waals surface area contributed by atoms with Crippen molar-refractivity contribution >= 4 is 5.91 Å². The molecular weight excluding hydrogens is 228 g/mol. The van der Waals surface area contributed by atoms with Crippen LogP contribution in [0.1, 0.15) is 63.6 Å². The number of hydrogen-bond acceptors (Lipinski definition) is 3. The highest BCUT2D eigenvalue weighted by atomic mass is 16.5. The number of nitrogens with zero attached hydrogens (tertiary/aromatic N) is 2. The minimum atomic E-state index is 0.144. The molecule has 0 bridgehead atoms. The van der Waals surface area contributed by atoms with Crippen LogP contribution in [0.4, 0.5) is 0 Å². The van der Waals surface area contributed by atoms with Crippen LogP contribution in [-0.4, -0.2) is 22.5 Å². The average molecular weight is 252 g/mol. The fourth-order valence-corrected chi connectivity index (χ4v) is 2.55. The highest BCUT2D eigenvalue weighted by Crippen LogP contribution is 2.35. The summed E-state index contributed by atoms with van der Waals surface area (Å²) in [7, 11) is 0. The highest BCUT2D eigenvalue weighted by molar-refractivity contribution is 5.74. The van der Waals surface area contributed by atoms with Gasteiger partial charge in [0, 0.05) is 25.5 Å². The largest absolute Gasteiger partial charge is 0.361 e. The van der Waals surface area contributed by atoms with Gasteiger partial charge in [-0.2, -0.15) is 0 Å². The molecule has 2 heterocycles. The predicted octanol–water partition coefficient (Wildman–Crippen LogP) is 3.26. The van der Waals surface area contributed by atoms with Crippen LogP contribution in [0.3, 0.4) is 0 Å². The molecule has 4 nitrogen and oxygen atoms in total. The first-order chi connectivity index (χ1) is 8.65. The second-order valence-corrected chi connectivity index (χ2v) is 4.33. The maximum Gasteiger partial charge on any atom is 0.219 e. The molecule has 102 valence electrons. The molecule has 1 amide bonds. The van der Waals surface area contributed by atoms with E-state index in [1.165, 1.54) is 0 Å². The Morgan fingerprint density at radius 3 is 2.72 bits per heavy atom. The van der Waals surface area contributed by atoms with Gasteiger partial charge in [-0.15, -0.1) is 0 Å². The summed E-state index contributed by atoms with van der Waals surface area (Å²) in [5.74, 6) is 1.07. The number of aryl methyl sites for hydroxylation is 2. The molecule has 18 heavy (non-hydrogen) atoms. The van der Waals surface area contributed by atoms with Crippen LogP contribution in [0.2, 0.25) is 0 Å². The lowest BCUT2D eigenvalue weighted by atomic mass is 10.0. The Morgan fingerprint density at radius 2 is 2.17 bits per heavy atom. The quantitative estimate of drug-likeness (QED) is 0.811. The lowest BCUT2D eigenvalue weighted by molar-refractivity contribution is -0.129. The molecule has 1 aliphatic rings. The Balaban J connectivity index is 0.000000771. The molecule has 1 aromatic heterocycles. The van der Waals surface area contributed by atoms with E-state index in [-0.39, 0.29) is 11.9 Å². The van der Waals surface area contributed by atoms with Crippen molar-refractivity contribution in [2.24, 2.45) is 0 Å². The topological polar surface area (TPSA) is 46.3 Å². The third kappa shape index (κ3) is 2.74. The monoisotopic (exact) mass is 252 g/mol. The zero-order valence-electron chi connectivity index (χ0n) is 12.1. The van der Waals surface area contributed by atoms with Gasteiger partial charge in [-0.05, 0) is 19.8 Å². The molecule has 1 unspecified atom stereocenters. The van der Waals surface area contributed by atoms with Crippen LogP contribution >= 0.6 is 0 Å². The molecule has 0 N–H and O–H groups in total. The fourth-order valence-electron chi connectivity index (χ4n) is 2.55. The first kappa shape index (κ1) is 14.7. The predicted molar refractivity (Wildman–Crippen MR) is 71.3 cm³/mol. The molecule has 1 aromatic rings. The fraction of sp³-hybridized carbons (Fsp3) is 0.714. The molecule has 4 heteroatoms. The lowest BCUT2D eigenvalue weighted by Crippen LogP contribution is -2.28. The van der Waals surface area contributed by atoms with Crippen LogP contribution in [0, 0.1) is 6.92 Å². The molecule has 1 atom stereocenters. The second kappa shape index (κ2) is 6.57. The van der Waals surface area contributed by atoms with Crippen LogP contribution in [0.15, 0.2) is 4.52 Å². The van der Waals surface area contributed by atoms with E-state index in [1.807, 2.05) is 25.7 Å². The Kier molecular flexibility index (Phi) is 5.38. The number of carbonyl (C=O) groups is 1. The summed E-state index contributed by atoms with van der Waals surface area (Å²) < 4.78 is 5.30. The van der Waals surface area contributed by atoms with Crippen LogP contribution in [0.5, 0.6) is 0 Å². The molecular formula is C14H24N2O2. The van der Waals surface area contributed by atoms with Crippen molar-refractivity contribution in [3.63, 3.8) is 0 Å². The average Bonchev–Trinajstić information content (AvgIpc) is 2.97. The maximum absolute atomic E-state index is 11.5. The van der Waals surface area contributed by atoms with E-state index in [0.29, 0.717) is 0 Å². The van der Waals surface area contributed by atoms with Gasteiger partial charge in [0.2, 0.25) is 5.91 Å². The lowest BCUT2D eigenvalue weighted by Gasteiger charge is -2.23. The number of rotatable bonds is 2. The van der Waals surface area contributed by atoms with Crippen molar-refractivity contribution in [2.45, 2.75) is 59.9 Å². The van der Waals surface area contributed by atoms with Crippen LogP contribution in [-0.2, 0) is 11.2 Å². The summed E-state index contributed by atoms with van der Waals surface area (Å²) in [5, 5.41) is 4.01. The molecule has 2 rings (SSSR count). The second-order valence-electron chi connectivity index (χ2n) is 4.33. The standard InChI is InChI=1S/C12H18N2O2.C2H6/c1-4-11-12(8(2)13-16-11)10-6-5-7-14(10)9(3)15;1-2/h10H,4-7H2,1-3H3;1-2H3. The van der Waals surface area contributed by atoms with Gasteiger partial charge in [-0.1, -0.05) is 25.9 Å². The van der Waals surface area contributed by atoms with Crippen molar-refractivity contribution in [1.29, 1.82) is 0 Å². The Morgan fingerprint density at radius 1 is 1.50 bits per heavy atom. The van der Waals surface area contributed by atoms with Crippen molar-refractivity contribution in [3.8, 4) is 0 Å². The van der Waals surface area contributed by atoms with Gasteiger partial charge in [0.15, 0.2) is 0 Å². The summed E-state index contributed by atoms with van der Waals surface area (Å²) in [6.07, 6.45) is 2.92. The van der Waals surface area contributed by atoms with E-state index in [0.717, 1.165) is 42.8 Å². The third-order valence-electron chi connectivity index (χ3n) is 3.29. The molecule has 0 radical (unpaired) electrons. The zero-order valence-corrected chi connectivity index (χ0v) is 12.1. The van der Waals surface area contributed by atoms with E-state index in [9.17, 15) is 4.79 Å². The SMILES string of the molecule is CC.CCc1onc(C)c1C1CCCN1C(C)=O. The van der Waals surface area contributed by atoms with E-state index < -0.39 is 0 Å². The minimum Gasteiger partial charge on any atom is -0.361 e. The number of carbonyl (C=O) groups excluding carboxylic acids is 1. The van der Waals surface area contributed by atoms with Gasteiger partial charge >= 0.3 is 0 Å². The Labute approximate surface area is 109 Å². The zero-order chi connectivity index (χ0) is 13.7. The van der Waals surface area contributed by atoms with E-state index in [2.05, 4.69) is 12.1 Å². The van der Waals surface area contributed by atoms with Gasteiger partial charge in [0.1, 0.15) is 5.76 Å². The van der Waals surface area contributed by atoms with Crippen molar-refractivity contribution in [1.82, 2.24) is 10.1 Å². The van der Waals surface area contributed by atoms with Crippen LogP contribution < -0.4 is 0 Å². The minimum absolute atomic E-state index is 0.144. The molecule has 0 spiro atoms. The van der Waals surface area contributed by atoms with E-state index in [4.69, 9.17) is 4.52 Å². The molecule has 0 aromatic carbocycles. The van der Waals surface area contributed by atoms with Crippen molar-refractivity contribution in [2.75, 3.05) is 6.54 Å². The smallest absolute Gasteiger partial charge is 0.219 e. The molecule has 1 saturated heterocycles. The van der Waals surface area contributed by atoms with Gasteiger partial charge in [0.25, 0.3) is 0 Å². The van der Waals surface area contributed by atoms with E-state index in [1.54, 1.807) is 6.92 Å². The van der Waals surface area contributed by atoms with Crippen molar-refractivity contribution < 1.29 is 9.32 Å². The Bertz CT molecular complexity index is 398. The Hall–Kier alpha value is -1.32. The third-order valence-corrected chi connectivity index (χ3v) is 3.29. The summed E-state index contributed by atoms with van der Waals surface area (Å²) in [6.45, 7) is 10.5. The summed E-state index contributed by atoms with van der Waals surface area (Å²) in [6, 6.07) is 0.179. The maximum atomic E-state index is 11.5.